The van der Waals surface area contributed by atoms with E-state index in [1.54, 1.807) is 14.2 Å². The Bertz CT molecular complexity index is 962. The number of imide groups is 2. The number of amides is 4. The number of methoxy groups -OCH3 is 2. The van der Waals surface area contributed by atoms with Crippen LogP contribution in [-0.4, -0.2) is 60.0 Å². The number of likely N-dealkylation sites (tertiary alicyclic amines) is 1. The van der Waals surface area contributed by atoms with Gasteiger partial charge in [-0.2, -0.15) is 0 Å². The summed E-state index contributed by atoms with van der Waals surface area (Å²) in [6.07, 6.45) is 1.79. The first kappa shape index (κ1) is 20.4. The van der Waals surface area contributed by atoms with Crippen LogP contribution in [-0.2, 0) is 16.1 Å². The molecule has 0 spiro atoms. The molecule has 2 aliphatic heterocycles. The molecule has 0 radical (unpaired) electrons. The van der Waals surface area contributed by atoms with Crippen LogP contribution in [0.25, 0.3) is 0 Å². The van der Waals surface area contributed by atoms with Crippen molar-refractivity contribution in [1.29, 1.82) is 0 Å². The molecule has 1 atom stereocenters. The Labute approximate surface area is 178 Å². The molecular weight excluding hydrogens is 406 g/mol. The number of nitrogens with zero attached hydrogens (tertiary/aromatic N) is 3. The van der Waals surface area contributed by atoms with E-state index in [2.05, 4.69) is 0 Å². The zero-order valence-corrected chi connectivity index (χ0v) is 17.7. The van der Waals surface area contributed by atoms with E-state index in [0.717, 1.165) is 39.6 Å². The second-order valence-corrected chi connectivity index (χ2v) is 8.24. The highest BCUT2D eigenvalue weighted by Crippen LogP contribution is 2.39. The fourth-order valence-electron chi connectivity index (χ4n) is 4.00. The second-order valence-electron chi connectivity index (χ2n) is 7.21. The molecule has 1 aromatic heterocycles. The van der Waals surface area contributed by atoms with Crippen molar-refractivity contribution in [2.75, 3.05) is 27.4 Å². The van der Waals surface area contributed by atoms with Crippen LogP contribution in [0.4, 0.5) is 4.79 Å². The van der Waals surface area contributed by atoms with Crippen LogP contribution in [0, 0.1) is 0 Å². The molecule has 8 nitrogen and oxygen atoms in total. The quantitative estimate of drug-likeness (QED) is 0.497. The van der Waals surface area contributed by atoms with Gasteiger partial charge in [0.15, 0.2) is 0 Å². The van der Waals surface area contributed by atoms with Crippen molar-refractivity contribution in [3.8, 4) is 11.5 Å². The summed E-state index contributed by atoms with van der Waals surface area (Å²) in [5, 5.41) is 1.87. The molecule has 0 bridgehead atoms. The van der Waals surface area contributed by atoms with Crippen molar-refractivity contribution >= 4 is 29.2 Å². The molecule has 2 aromatic rings. The third-order valence-electron chi connectivity index (χ3n) is 5.52. The molecule has 0 saturated carbocycles. The highest BCUT2D eigenvalue weighted by atomic mass is 32.1. The molecule has 2 fully saturated rings. The third-order valence-corrected chi connectivity index (χ3v) is 6.38. The van der Waals surface area contributed by atoms with Crippen molar-refractivity contribution in [3.05, 3.63) is 46.2 Å². The Morgan fingerprint density at radius 1 is 1.07 bits per heavy atom. The standard InChI is InChI=1S/C21H23N3O5S/c1-28-14-7-8-16(18(11-14)29-2)17-6-3-9-22(17)13-24-20(26)19(25)23(21(24)27)12-15-5-4-10-30-15/h4-5,7-8,10-11,17H,3,6,9,12-13H2,1-2H3/t17-/m1/s1. The van der Waals surface area contributed by atoms with Crippen LogP contribution >= 0.6 is 11.3 Å². The Balaban J connectivity index is 1.52. The first-order valence-electron chi connectivity index (χ1n) is 9.69. The molecule has 1 aromatic carbocycles. The topological polar surface area (TPSA) is 79.4 Å². The van der Waals surface area contributed by atoms with Gasteiger partial charge in [0.25, 0.3) is 0 Å². The lowest BCUT2D eigenvalue weighted by molar-refractivity contribution is -0.144. The minimum Gasteiger partial charge on any atom is -0.497 e. The van der Waals surface area contributed by atoms with E-state index >= 15 is 0 Å². The Morgan fingerprint density at radius 3 is 2.57 bits per heavy atom. The zero-order chi connectivity index (χ0) is 21.3. The van der Waals surface area contributed by atoms with Crippen LogP contribution in [0.2, 0.25) is 0 Å². The number of carbonyl (C=O) groups excluding carboxylic acids is 3. The third kappa shape index (κ3) is 3.66. The predicted molar refractivity (Wildman–Crippen MR) is 110 cm³/mol. The van der Waals surface area contributed by atoms with E-state index in [-0.39, 0.29) is 19.3 Å². The fourth-order valence-corrected chi connectivity index (χ4v) is 4.69. The number of hydrogen-bond donors (Lipinski definition) is 0. The smallest absolute Gasteiger partial charge is 0.335 e. The predicted octanol–water partition coefficient (Wildman–Crippen LogP) is 2.85. The maximum absolute atomic E-state index is 12.8. The lowest BCUT2D eigenvalue weighted by atomic mass is 10.0. The first-order chi connectivity index (χ1) is 14.5. The number of urea groups is 1. The summed E-state index contributed by atoms with van der Waals surface area (Å²) in [5.41, 5.74) is 0.969. The van der Waals surface area contributed by atoms with Crippen LogP contribution in [0.1, 0.15) is 29.3 Å². The van der Waals surface area contributed by atoms with Crippen molar-refractivity contribution in [1.82, 2.24) is 14.7 Å². The maximum atomic E-state index is 12.8. The summed E-state index contributed by atoms with van der Waals surface area (Å²) >= 11 is 1.44. The molecule has 158 valence electrons. The van der Waals surface area contributed by atoms with Crippen molar-refractivity contribution in [2.45, 2.75) is 25.4 Å². The number of thiophene rings is 1. The molecular formula is C21H23N3O5S. The van der Waals surface area contributed by atoms with Crippen molar-refractivity contribution < 1.29 is 23.9 Å². The number of benzene rings is 1. The Morgan fingerprint density at radius 2 is 1.87 bits per heavy atom. The molecule has 2 aliphatic rings. The molecule has 0 N–H and O–H groups in total. The van der Waals surface area contributed by atoms with Gasteiger partial charge in [-0.25, -0.2) is 9.69 Å². The molecule has 3 heterocycles. The van der Waals surface area contributed by atoms with Gasteiger partial charge in [-0.05, 0) is 30.4 Å². The van der Waals surface area contributed by atoms with Crippen LogP contribution < -0.4 is 9.47 Å². The van der Waals surface area contributed by atoms with E-state index in [1.807, 2.05) is 40.6 Å². The summed E-state index contributed by atoms with van der Waals surface area (Å²) in [6, 6.07) is 8.74. The number of rotatable bonds is 7. The van der Waals surface area contributed by atoms with Gasteiger partial charge in [0.1, 0.15) is 11.5 Å². The highest BCUT2D eigenvalue weighted by molar-refractivity contribution is 7.09. The van der Waals surface area contributed by atoms with Gasteiger partial charge < -0.3 is 9.47 Å². The Kier molecular flexibility index (Phi) is 5.74. The van der Waals surface area contributed by atoms with Gasteiger partial charge in [0, 0.05) is 29.1 Å². The molecule has 0 unspecified atom stereocenters. The molecule has 2 saturated heterocycles. The van der Waals surface area contributed by atoms with Gasteiger partial charge in [-0.3, -0.25) is 19.4 Å². The maximum Gasteiger partial charge on any atom is 0.335 e. The minimum atomic E-state index is -0.774. The van der Waals surface area contributed by atoms with Crippen molar-refractivity contribution in [2.24, 2.45) is 0 Å². The van der Waals surface area contributed by atoms with Gasteiger partial charge in [-0.1, -0.05) is 12.1 Å². The highest BCUT2D eigenvalue weighted by Gasteiger charge is 2.46. The Hall–Kier alpha value is -2.91. The summed E-state index contributed by atoms with van der Waals surface area (Å²) in [5.74, 6) is -0.157. The fraction of sp³-hybridized carbons (Fsp3) is 0.381. The van der Waals surface area contributed by atoms with Crippen LogP contribution in [0.3, 0.4) is 0 Å². The largest absolute Gasteiger partial charge is 0.497 e. The van der Waals surface area contributed by atoms with Gasteiger partial charge in [0.05, 0.1) is 27.4 Å². The SMILES string of the molecule is COc1ccc([C@H]2CCCN2CN2C(=O)C(=O)N(Cc3cccs3)C2=O)c(OC)c1. The van der Waals surface area contributed by atoms with Gasteiger partial charge >= 0.3 is 17.8 Å². The lowest BCUT2D eigenvalue weighted by Crippen LogP contribution is -2.42. The first-order valence-corrected chi connectivity index (χ1v) is 10.6. The van der Waals surface area contributed by atoms with Crippen LogP contribution in [0.15, 0.2) is 35.7 Å². The van der Waals surface area contributed by atoms with Crippen molar-refractivity contribution in [3.63, 3.8) is 0 Å². The summed E-state index contributed by atoms with van der Waals surface area (Å²) < 4.78 is 10.8. The minimum absolute atomic E-state index is 0.0205. The molecule has 4 amide bonds. The van der Waals surface area contributed by atoms with E-state index < -0.39 is 17.8 Å². The summed E-state index contributed by atoms with van der Waals surface area (Å²) in [6.45, 7) is 0.910. The monoisotopic (exact) mass is 429 g/mol. The van der Waals surface area contributed by atoms with Gasteiger partial charge in [0.2, 0.25) is 0 Å². The van der Waals surface area contributed by atoms with E-state index in [1.165, 1.54) is 11.3 Å². The number of ether oxygens (including phenoxy) is 2. The summed E-state index contributed by atoms with van der Waals surface area (Å²) in [7, 11) is 3.20. The molecule has 0 aliphatic carbocycles. The van der Waals surface area contributed by atoms with E-state index in [4.69, 9.17) is 9.47 Å². The average molecular weight is 429 g/mol. The second kappa shape index (κ2) is 8.45. The molecule has 4 rings (SSSR count). The lowest BCUT2D eigenvalue weighted by Gasteiger charge is -2.29. The molecule has 30 heavy (non-hydrogen) atoms. The van der Waals surface area contributed by atoms with E-state index in [0.29, 0.717) is 11.5 Å². The van der Waals surface area contributed by atoms with Crippen LogP contribution in [0.5, 0.6) is 11.5 Å². The van der Waals surface area contributed by atoms with E-state index in [9.17, 15) is 14.4 Å². The summed E-state index contributed by atoms with van der Waals surface area (Å²) in [4.78, 5) is 42.8. The zero-order valence-electron chi connectivity index (χ0n) is 16.9. The van der Waals surface area contributed by atoms with Gasteiger partial charge in [-0.15, -0.1) is 11.3 Å². The number of hydrogen-bond acceptors (Lipinski definition) is 7. The molecule has 9 heteroatoms. The normalized spacial score (nSPS) is 19.8. The average Bonchev–Trinajstić information content (AvgIpc) is 3.49. The number of carbonyl (C=O) groups is 3.